The van der Waals surface area contributed by atoms with E-state index in [4.69, 9.17) is 10.5 Å². The van der Waals surface area contributed by atoms with Crippen molar-refractivity contribution in [1.82, 2.24) is 14.5 Å². The zero-order chi connectivity index (χ0) is 17.4. The van der Waals surface area contributed by atoms with Gasteiger partial charge in [-0.3, -0.25) is 19.1 Å². The molecular formula is C15H22N4O4S. The number of nitrogens with two attached hydrogens (primary N) is 1. The number of rotatable bonds is 5. The number of thiazole rings is 1. The standard InChI is InChI=1S/C15H22N4O4S/c1-3-5-7-6-9(8(20)4-2)23-13(7)19-11-10(24-15(19)22)12(21)18-14(16)17-11/h7-9,13,20H,3-6H2,1-2H3,(H3,16,17,18,21)/t7-,8+,9+,13-/m1/s1. The molecule has 1 saturated heterocycles. The van der Waals surface area contributed by atoms with Gasteiger partial charge in [-0.05, 0) is 19.3 Å². The van der Waals surface area contributed by atoms with E-state index in [0.717, 1.165) is 24.2 Å². The van der Waals surface area contributed by atoms with Gasteiger partial charge in [0.2, 0.25) is 5.95 Å². The molecule has 2 aromatic rings. The highest BCUT2D eigenvalue weighted by Crippen LogP contribution is 2.39. The van der Waals surface area contributed by atoms with Crippen LogP contribution in [0.2, 0.25) is 0 Å². The summed E-state index contributed by atoms with van der Waals surface area (Å²) < 4.78 is 7.69. The molecule has 0 radical (unpaired) electrons. The van der Waals surface area contributed by atoms with Crippen LogP contribution in [0, 0.1) is 5.92 Å². The van der Waals surface area contributed by atoms with Crippen LogP contribution in [0.25, 0.3) is 10.3 Å². The Hall–Kier alpha value is -1.71. The fourth-order valence-electron chi connectivity index (χ4n) is 3.34. The average molecular weight is 354 g/mol. The van der Waals surface area contributed by atoms with E-state index in [-0.39, 0.29) is 33.2 Å². The average Bonchev–Trinajstić information content (AvgIpc) is 3.08. The Morgan fingerprint density at radius 3 is 2.92 bits per heavy atom. The second kappa shape index (κ2) is 6.66. The lowest BCUT2D eigenvalue weighted by Crippen LogP contribution is -2.27. The van der Waals surface area contributed by atoms with Crippen LogP contribution in [-0.4, -0.2) is 31.8 Å². The SMILES string of the molecule is CCC[C@@H]1C[C@@H]([C@@H](O)CC)O[C@H]1n1c(=O)sc2c(=O)[nH]c(N)nc21. The highest BCUT2D eigenvalue weighted by atomic mass is 32.1. The molecule has 1 aliphatic rings. The summed E-state index contributed by atoms with van der Waals surface area (Å²) in [6.07, 6.45) is 1.63. The fraction of sp³-hybridized carbons (Fsp3) is 0.667. The number of hydrogen-bond acceptors (Lipinski definition) is 7. The number of H-pyrrole nitrogens is 1. The van der Waals surface area contributed by atoms with Crippen molar-refractivity contribution in [2.45, 2.75) is 58.0 Å². The lowest BCUT2D eigenvalue weighted by atomic mass is 9.95. The minimum absolute atomic E-state index is 0.0331. The Bertz CT molecular complexity index is 842. The molecule has 2 aromatic heterocycles. The van der Waals surface area contributed by atoms with Gasteiger partial charge in [-0.1, -0.05) is 31.6 Å². The molecule has 0 unspecified atom stereocenters. The van der Waals surface area contributed by atoms with Crippen molar-refractivity contribution < 1.29 is 9.84 Å². The number of anilines is 1. The van der Waals surface area contributed by atoms with Crippen molar-refractivity contribution in [3.05, 3.63) is 20.0 Å². The number of aliphatic hydroxyl groups excluding tert-OH is 1. The Labute approximate surface area is 142 Å². The molecule has 8 nitrogen and oxygen atoms in total. The van der Waals surface area contributed by atoms with Gasteiger partial charge in [-0.2, -0.15) is 4.98 Å². The van der Waals surface area contributed by atoms with Crippen LogP contribution in [0.15, 0.2) is 9.59 Å². The van der Waals surface area contributed by atoms with Gasteiger partial charge in [0.05, 0.1) is 12.2 Å². The second-order valence-electron chi connectivity index (χ2n) is 6.17. The molecule has 0 saturated carbocycles. The third-order valence-corrected chi connectivity index (χ3v) is 5.45. The molecule has 0 aromatic carbocycles. The van der Waals surface area contributed by atoms with Crippen LogP contribution in [0.5, 0.6) is 0 Å². The summed E-state index contributed by atoms with van der Waals surface area (Å²) in [5.41, 5.74) is 5.46. The zero-order valence-electron chi connectivity index (χ0n) is 13.7. The molecule has 0 aliphatic carbocycles. The zero-order valence-corrected chi connectivity index (χ0v) is 14.5. The number of hydrogen-bond donors (Lipinski definition) is 3. The van der Waals surface area contributed by atoms with Crippen LogP contribution in [-0.2, 0) is 4.74 Å². The smallest absolute Gasteiger partial charge is 0.311 e. The van der Waals surface area contributed by atoms with Crippen molar-refractivity contribution in [2.75, 3.05) is 5.73 Å². The van der Waals surface area contributed by atoms with Crippen LogP contribution < -0.4 is 16.2 Å². The molecule has 24 heavy (non-hydrogen) atoms. The highest BCUT2D eigenvalue weighted by molar-refractivity contribution is 7.16. The van der Waals surface area contributed by atoms with Gasteiger partial charge in [0.15, 0.2) is 5.65 Å². The number of nitrogen functional groups attached to an aromatic ring is 1. The molecule has 0 spiro atoms. The van der Waals surface area contributed by atoms with Crippen molar-refractivity contribution in [1.29, 1.82) is 0 Å². The molecule has 3 rings (SSSR count). The number of nitrogens with one attached hydrogen (secondary N) is 1. The summed E-state index contributed by atoms with van der Waals surface area (Å²) in [4.78, 5) is 30.7. The van der Waals surface area contributed by atoms with E-state index < -0.39 is 17.9 Å². The molecule has 0 bridgehead atoms. The first-order chi connectivity index (χ1) is 11.5. The van der Waals surface area contributed by atoms with Crippen LogP contribution in [0.3, 0.4) is 0 Å². The highest BCUT2D eigenvalue weighted by Gasteiger charge is 2.40. The molecule has 0 amide bonds. The van der Waals surface area contributed by atoms with Gasteiger partial charge >= 0.3 is 4.87 Å². The monoisotopic (exact) mass is 354 g/mol. The summed E-state index contributed by atoms with van der Waals surface area (Å²) in [7, 11) is 0. The minimum atomic E-state index is -0.573. The quantitative estimate of drug-likeness (QED) is 0.741. The molecule has 9 heteroatoms. The van der Waals surface area contributed by atoms with E-state index in [1.165, 1.54) is 4.57 Å². The Balaban J connectivity index is 2.09. The number of fused-ring (bicyclic) bond motifs is 1. The van der Waals surface area contributed by atoms with Crippen LogP contribution in [0.4, 0.5) is 5.95 Å². The van der Waals surface area contributed by atoms with Gasteiger partial charge in [0, 0.05) is 5.92 Å². The minimum Gasteiger partial charge on any atom is -0.390 e. The fourth-order valence-corrected chi connectivity index (χ4v) is 4.19. The van der Waals surface area contributed by atoms with Crippen molar-refractivity contribution >= 4 is 27.6 Å². The molecule has 4 atom stereocenters. The van der Waals surface area contributed by atoms with Gasteiger partial charge in [0.25, 0.3) is 5.56 Å². The Morgan fingerprint density at radius 1 is 1.50 bits per heavy atom. The van der Waals surface area contributed by atoms with E-state index in [1.54, 1.807) is 0 Å². The Morgan fingerprint density at radius 2 is 2.25 bits per heavy atom. The molecule has 132 valence electrons. The molecule has 1 aliphatic heterocycles. The third kappa shape index (κ3) is 2.87. The number of nitrogens with zero attached hydrogens (tertiary/aromatic N) is 2. The predicted octanol–water partition coefficient (Wildman–Crippen LogP) is 1.20. The largest absolute Gasteiger partial charge is 0.390 e. The van der Waals surface area contributed by atoms with E-state index >= 15 is 0 Å². The van der Waals surface area contributed by atoms with Crippen LogP contribution >= 0.6 is 11.3 Å². The van der Waals surface area contributed by atoms with Gasteiger partial charge in [-0.25, -0.2) is 0 Å². The summed E-state index contributed by atoms with van der Waals surface area (Å²) >= 11 is 0.840. The van der Waals surface area contributed by atoms with Gasteiger partial charge in [-0.15, -0.1) is 0 Å². The Kier molecular flexibility index (Phi) is 4.75. The normalized spacial score (nSPS) is 25.4. The first kappa shape index (κ1) is 17.1. The molecular weight excluding hydrogens is 332 g/mol. The lowest BCUT2D eigenvalue weighted by molar-refractivity contribution is -0.0658. The third-order valence-electron chi connectivity index (χ3n) is 4.51. The predicted molar refractivity (Wildman–Crippen MR) is 92.1 cm³/mol. The maximum Gasteiger partial charge on any atom is 0.311 e. The van der Waals surface area contributed by atoms with Crippen LogP contribution in [0.1, 0.15) is 45.8 Å². The summed E-state index contributed by atoms with van der Waals surface area (Å²) in [5, 5.41) is 10.1. The topological polar surface area (TPSA) is 123 Å². The molecule has 1 fully saturated rings. The maximum absolute atomic E-state index is 12.5. The van der Waals surface area contributed by atoms with Crippen molar-refractivity contribution in [2.24, 2.45) is 5.92 Å². The van der Waals surface area contributed by atoms with E-state index in [2.05, 4.69) is 16.9 Å². The van der Waals surface area contributed by atoms with E-state index in [1.807, 2.05) is 6.92 Å². The second-order valence-corrected chi connectivity index (χ2v) is 7.13. The van der Waals surface area contributed by atoms with Crippen molar-refractivity contribution in [3.63, 3.8) is 0 Å². The molecule has 4 N–H and O–H groups in total. The van der Waals surface area contributed by atoms with Crippen molar-refractivity contribution in [3.8, 4) is 0 Å². The van der Waals surface area contributed by atoms with E-state index in [0.29, 0.717) is 12.8 Å². The number of aliphatic hydroxyl groups is 1. The summed E-state index contributed by atoms with van der Waals surface area (Å²) in [5.74, 6) is 0.0493. The number of aromatic nitrogens is 3. The van der Waals surface area contributed by atoms with E-state index in [9.17, 15) is 14.7 Å². The lowest BCUT2D eigenvalue weighted by Gasteiger charge is -2.20. The first-order valence-corrected chi connectivity index (χ1v) is 9.02. The van der Waals surface area contributed by atoms with Gasteiger partial charge in [0.1, 0.15) is 10.9 Å². The first-order valence-electron chi connectivity index (χ1n) is 8.20. The number of ether oxygens (including phenoxy) is 1. The number of aromatic amines is 1. The summed E-state index contributed by atoms with van der Waals surface area (Å²) in [6.45, 7) is 3.96. The summed E-state index contributed by atoms with van der Waals surface area (Å²) in [6, 6.07) is 0. The van der Waals surface area contributed by atoms with Gasteiger partial charge < -0.3 is 15.6 Å². The molecule has 3 heterocycles. The maximum atomic E-state index is 12.5.